The number of hydrogen-bond acceptors (Lipinski definition) is 3. The van der Waals surface area contributed by atoms with Gasteiger partial charge in [-0.15, -0.1) is 0 Å². The van der Waals surface area contributed by atoms with E-state index in [1.54, 1.807) is 6.92 Å². The van der Waals surface area contributed by atoms with Crippen molar-refractivity contribution in [3.8, 4) is 5.82 Å². The lowest BCUT2D eigenvalue weighted by molar-refractivity contribution is -0.141. The smallest absolute Gasteiger partial charge is 0.242 e. The zero-order chi connectivity index (χ0) is 12.6. The third-order valence-corrected chi connectivity index (χ3v) is 2.23. The van der Waals surface area contributed by atoms with Crippen molar-refractivity contribution in [3.05, 3.63) is 35.0 Å². The van der Waals surface area contributed by atoms with Crippen molar-refractivity contribution >= 4 is 11.6 Å². The van der Waals surface area contributed by atoms with Crippen LogP contribution in [0.25, 0.3) is 5.82 Å². The maximum absolute atomic E-state index is 12.4. The lowest BCUT2D eigenvalue weighted by Crippen LogP contribution is -2.08. The summed E-state index contributed by atoms with van der Waals surface area (Å²) in [6, 6.07) is 2.23. The van der Waals surface area contributed by atoms with Gasteiger partial charge in [-0.1, -0.05) is 11.6 Å². The molecule has 0 aromatic carbocycles. The quantitative estimate of drug-likeness (QED) is 0.793. The zero-order valence-corrected chi connectivity index (χ0v) is 9.29. The number of aromatic nitrogens is 4. The predicted molar refractivity (Wildman–Crippen MR) is 53.9 cm³/mol. The molecule has 0 unspecified atom stereocenters. The van der Waals surface area contributed by atoms with Crippen molar-refractivity contribution in [1.82, 2.24) is 19.7 Å². The van der Waals surface area contributed by atoms with Crippen LogP contribution in [0.4, 0.5) is 13.2 Å². The second-order valence-electron chi connectivity index (χ2n) is 3.28. The molecule has 90 valence electrons. The van der Waals surface area contributed by atoms with Gasteiger partial charge in [0, 0.05) is 17.8 Å². The van der Waals surface area contributed by atoms with Gasteiger partial charge in [0.15, 0.2) is 11.5 Å². The summed E-state index contributed by atoms with van der Waals surface area (Å²) in [6.07, 6.45) is -3.30. The molecular formula is C9H6ClF3N4. The highest BCUT2D eigenvalue weighted by Crippen LogP contribution is 2.30. The summed E-state index contributed by atoms with van der Waals surface area (Å²) < 4.78 is 38.1. The SMILES string of the molecule is Cc1cc(-n2nc(C(F)(F)F)cc2Cl)ncn1. The monoisotopic (exact) mass is 262 g/mol. The van der Waals surface area contributed by atoms with Gasteiger partial charge in [-0.3, -0.25) is 0 Å². The first-order valence-corrected chi connectivity index (χ1v) is 4.87. The first-order chi connectivity index (χ1) is 7.88. The van der Waals surface area contributed by atoms with Crippen LogP contribution in [0.5, 0.6) is 0 Å². The molecule has 2 aromatic rings. The lowest BCUT2D eigenvalue weighted by Gasteiger charge is -2.02. The fraction of sp³-hybridized carbons (Fsp3) is 0.222. The summed E-state index contributed by atoms with van der Waals surface area (Å²) in [6.45, 7) is 1.69. The van der Waals surface area contributed by atoms with Gasteiger partial charge in [0.2, 0.25) is 0 Å². The van der Waals surface area contributed by atoms with Gasteiger partial charge in [0.1, 0.15) is 11.5 Å². The molecule has 0 atom stereocenters. The Labute approximate surface area is 99.1 Å². The summed E-state index contributed by atoms with van der Waals surface area (Å²) in [4.78, 5) is 7.64. The Morgan fingerprint density at radius 1 is 1.24 bits per heavy atom. The Morgan fingerprint density at radius 2 is 1.94 bits per heavy atom. The molecule has 0 spiro atoms. The number of nitrogens with zero attached hydrogens (tertiary/aromatic N) is 4. The van der Waals surface area contributed by atoms with Crippen LogP contribution in [-0.4, -0.2) is 19.7 Å². The second kappa shape index (κ2) is 3.99. The van der Waals surface area contributed by atoms with E-state index in [2.05, 4.69) is 15.1 Å². The van der Waals surface area contributed by atoms with Gasteiger partial charge in [-0.25, -0.2) is 14.6 Å². The van der Waals surface area contributed by atoms with Gasteiger partial charge in [0.05, 0.1) is 0 Å². The number of aryl methyl sites for hydroxylation is 1. The first-order valence-electron chi connectivity index (χ1n) is 4.50. The Hall–Kier alpha value is -1.63. The third kappa shape index (κ3) is 2.38. The van der Waals surface area contributed by atoms with E-state index in [1.165, 1.54) is 12.4 Å². The highest BCUT2D eigenvalue weighted by atomic mass is 35.5. The van der Waals surface area contributed by atoms with Crippen molar-refractivity contribution in [2.45, 2.75) is 13.1 Å². The molecule has 0 fully saturated rings. The number of rotatable bonds is 1. The summed E-state index contributed by atoms with van der Waals surface area (Å²) in [7, 11) is 0. The van der Waals surface area contributed by atoms with Crippen molar-refractivity contribution in [2.75, 3.05) is 0 Å². The highest BCUT2D eigenvalue weighted by Gasteiger charge is 2.35. The molecule has 0 bridgehead atoms. The minimum absolute atomic E-state index is 0.157. The van der Waals surface area contributed by atoms with Crippen molar-refractivity contribution in [2.24, 2.45) is 0 Å². The van der Waals surface area contributed by atoms with E-state index in [0.29, 0.717) is 5.69 Å². The average molecular weight is 263 g/mol. The van der Waals surface area contributed by atoms with E-state index in [-0.39, 0.29) is 11.0 Å². The van der Waals surface area contributed by atoms with Crippen LogP contribution in [0.3, 0.4) is 0 Å². The molecule has 17 heavy (non-hydrogen) atoms. The van der Waals surface area contributed by atoms with Crippen molar-refractivity contribution < 1.29 is 13.2 Å². The van der Waals surface area contributed by atoms with E-state index in [1.807, 2.05) is 0 Å². The third-order valence-electron chi connectivity index (χ3n) is 1.96. The molecule has 0 aliphatic rings. The lowest BCUT2D eigenvalue weighted by atomic mass is 10.4. The van der Waals surface area contributed by atoms with Crippen molar-refractivity contribution in [1.29, 1.82) is 0 Å². The molecule has 8 heteroatoms. The maximum Gasteiger partial charge on any atom is 0.435 e. The minimum atomic E-state index is -4.53. The van der Waals surface area contributed by atoms with Crippen LogP contribution in [-0.2, 0) is 6.18 Å². The average Bonchev–Trinajstić information content (AvgIpc) is 2.60. The normalized spacial score (nSPS) is 11.8. The van der Waals surface area contributed by atoms with Gasteiger partial charge in [0.25, 0.3) is 0 Å². The van der Waals surface area contributed by atoms with Crippen LogP contribution < -0.4 is 0 Å². The summed E-state index contributed by atoms with van der Waals surface area (Å²) in [5.41, 5.74) is -0.450. The zero-order valence-electron chi connectivity index (χ0n) is 8.53. The van der Waals surface area contributed by atoms with Gasteiger partial charge in [-0.2, -0.15) is 18.3 Å². The molecule has 0 saturated carbocycles. The Balaban J connectivity index is 2.50. The van der Waals surface area contributed by atoms with Crippen LogP contribution >= 0.6 is 11.6 Å². The topological polar surface area (TPSA) is 43.6 Å². The van der Waals surface area contributed by atoms with Crippen LogP contribution in [0.15, 0.2) is 18.5 Å². The molecule has 2 aromatic heterocycles. The van der Waals surface area contributed by atoms with Crippen molar-refractivity contribution in [3.63, 3.8) is 0 Å². The largest absolute Gasteiger partial charge is 0.435 e. The van der Waals surface area contributed by atoms with E-state index < -0.39 is 11.9 Å². The number of hydrogen-bond donors (Lipinski definition) is 0. The highest BCUT2D eigenvalue weighted by molar-refractivity contribution is 6.29. The van der Waals surface area contributed by atoms with Gasteiger partial charge in [-0.05, 0) is 6.92 Å². The summed E-state index contributed by atoms with van der Waals surface area (Å²) in [5.74, 6) is 0.193. The van der Waals surface area contributed by atoms with E-state index in [0.717, 1.165) is 10.7 Å². The number of halogens is 4. The van der Waals surface area contributed by atoms with Crippen LogP contribution in [0, 0.1) is 6.92 Å². The molecule has 0 amide bonds. The first kappa shape index (κ1) is 11.8. The Bertz CT molecular complexity index is 549. The predicted octanol–water partition coefficient (Wildman–Crippen LogP) is 2.64. The molecule has 4 nitrogen and oxygen atoms in total. The van der Waals surface area contributed by atoms with Gasteiger partial charge < -0.3 is 0 Å². The summed E-state index contributed by atoms with van der Waals surface area (Å²) in [5, 5.41) is 3.20. The van der Waals surface area contributed by atoms with E-state index >= 15 is 0 Å². The standard InChI is InChI=1S/C9H6ClF3N4/c1-5-2-8(15-4-14-5)17-7(10)3-6(16-17)9(11,12)13/h2-4H,1H3. The molecular weight excluding hydrogens is 257 g/mol. The second-order valence-corrected chi connectivity index (χ2v) is 3.67. The number of alkyl halides is 3. The van der Waals surface area contributed by atoms with Crippen LogP contribution in [0.2, 0.25) is 5.15 Å². The Morgan fingerprint density at radius 3 is 2.47 bits per heavy atom. The minimum Gasteiger partial charge on any atom is -0.242 e. The van der Waals surface area contributed by atoms with E-state index in [9.17, 15) is 13.2 Å². The molecule has 0 aliphatic heterocycles. The Kier molecular flexibility index (Phi) is 2.78. The van der Waals surface area contributed by atoms with Crippen LogP contribution in [0.1, 0.15) is 11.4 Å². The maximum atomic E-state index is 12.4. The molecule has 0 N–H and O–H groups in total. The fourth-order valence-electron chi connectivity index (χ4n) is 1.21. The fourth-order valence-corrected chi connectivity index (χ4v) is 1.44. The molecule has 0 aliphatic carbocycles. The molecule has 0 radical (unpaired) electrons. The van der Waals surface area contributed by atoms with E-state index in [4.69, 9.17) is 11.6 Å². The molecule has 0 saturated heterocycles. The molecule has 2 rings (SSSR count). The molecule has 2 heterocycles. The summed E-state index contributed by atoms with van der Waals surface area (Å²) >= 11 is 5.68. The van der Waals surface area contributed by atoms with Gasteiger partial charge >= 0.3 is 6.18 Å².